The number of nitrogens with zero attached hydrogens (tertiary/aromatic N) is 2. The van der Waals surface area contributed by atoms with E-state index in [4.69, 9.17) is 9.26 Å². The Labute approximate surface area is 105 Å². The van der Waals surface area contributed by atoms with Gasteiger partial charge in [0.25, 0.3) is 5.89 Å². The first-order chi connectivity index (χ1) is 8.88. The molecular weight excluding hydrogens is 230 g/mol. The molecule has 1 aromatic heterocycles. The summed E-state index contributed by atoms with van der Waals surface area (Å²) in [7, 11) is 0. The van der Waals surface area contributed by atoms with Crippen LogP contribution in [-0.2, 0) is 6.42 Å². The second-order valence-corrected chi connectivity index (χ2v) is 4.22. The van der Waals surface area contributed by atoms with Crippen molar-refractivity contribution in [2.75, 3.05) is 18.5 Å². The molecule has 0 bridgehead atoms. The van der Waals surface area contributed by atoms with Crippen LogP contribution in [-0.4, -0.2) is 23.3 Å². The molecule has 1 N–H and O–H groups in total. The summed E-state index contributed by atoms with van der Waals surface area (Å²) in [5.41, 5.74) is 1.84. The zero-order valence-electron chi connectivity index (χ0n) is 10.3. The SMILES string of the molecule is CCCc1noc(-c2cccc3c2OCCN3)n1. The predicted molar refractivity (Wildman–Crippen MR) is 67.7 cm³/mol. The molecule has 0 unspecified atom stereocenters. The molecule has 0 saturated carbocycles. The fraction of sp³-hybridized carbons (Fsp3) is 0.385. The van der Waals surface area contributed by atoms with Gasteiger partial charge in [0.05, 0.1) is 11.3 Å². The number of aryl methyl sites for hydroxylation is 1. The van der Waals surface area contributed by atoms with E-state index in [2.05, 4.69) is 22.4 Å². The van der Waals surface area contributed by atoms with Gasteiger partial charge in [-0.05, 0) is 18.6 Å². The van der Waals surface area contributed by atoms with Crippen LogP contribution >= 0.6 is 0 Å². The third-order valence-electron chi connectivity index (χ3n) is 2.85. The highest BCUT2D eigenvalue weighted by Gasteiger charge is 2.19. The molecule has 2 aromatic rings. The second-order valence-electron chi connectivity index (χ2n) is 4.22. The first-order valence-electron chi connectivity index (χ1n) is 6.21. The minimum Gasteiger partial charge on any atom is -0.489 e. The Bertz CT molecular complexity index is 551. The van der Waals surface area contributed by atoms with Crippen molar-refractivity contribution in [3.63, 3.8) is 0 Å². The van der Waals surface area contributed by atoms with Gasteiger partial charge in [0.1, 0.15) is 6.61 Å². The molecule has 0 aliphatic carbocycles. The molecule has 1 aliphatic heterocycles. The van der Waals surface area contributed by atoms with E-state index in [0.717, 1.165) is 42.2 Å². The standard InChI is InChI=1S/C13H15N3O2/c1-2-4-11-15-13(18-16-11)9-5-3-6-10-12(9)17-8-7-14-10/h3,5-6,14H,2,4,7-8H2,1H3. The lowest BCUT2D eigenvalue weighted by atomic mass is 10.1. The minimum atomic E-state index is 0.527. The Kier molecular flexibility index (Phi) is 2.88. The van der Waals surface area contributed by atoms with Crippen molar-refractivity contribution >= 4 is 5.69 Å². The Balaban J connectivity index is 2.00. The van der Waals surface area contributed by atoms with Crippen LogP contribution in [0.15, 0.2) is 22.7 Å². The number of rotatable bonds is 3. The number of hydrogen-bond acceptors (Lipinski definition) is 5. The Morgan fingerprint density at radius 2 is 2.33 bits per heavy atom. The maximum Gasteiger partial charge on any atom is 0.261 e. The van der Waals surface area contributed by atoms with Crippen LogP contribution in [0.5, 0.6) is 5.75 Å². The summed E-state index contributed by atoms with van der Waals surface area (Å²) in [6.07, 6.45) is 1.83. The van der Waals surface area contributed by atoms with Crippen LogP contribution in [0, 0.1) is 0 Å². The smallest absolute Gasteiger partial charge is 0.261 e. The van der Waals surface area contributed by atoms with Gasteiger partial charge >= 0.3 is 0 Å². The minimum absolute atomic E-state index is 0.527. The Hall–Kier alpha value is -2.04. The monoisotopic (exact) mass is 245 g/mol. The van der Waals surface area contributed by atoms with Crippen molar-refractivity contribution in [1.82, 2.24) is 10.1 Å². The van der Waals surface area contributed by atoms with E-state index in [-0.39, 0.29) is 0 Å². The van der Waals surface area contributed by atoms with Crippen LogP contribution in [0.3, 0.4) is 0 Å². The van der Waals surface area contributed by atoms with E-state index >= 15 is 0 Å². The van der Waals surface area contributed by atoms with Gasteiger partial charge in [-0.25, -0.2) is 0 Å². The number of anilines is 1. The van der Waals surface area contributed by atoms with Crippen molar-refractivity contribution < 1.29 is 9.26 Å². The maximum absolute atomic E-state index is 5.69. The van der Waals surface area contributed by atoms with Gasteiger partial charge in [-0.15, -0.1) is 0 Å². The first-order valence-corrected chi connectivity index (χ1v) is 6.21. The van der Waals surface area contributed by atoms with E-state index in [1.807, 2.05) is 18.2 Å². The fourth-order valence-electron chi connectivity index (χ4n) is 2.03. The summed E-state index contributed by atoms with van der Waals surface area (Å²) in [4.78, 5) is 4.39. The summed E-state index contributed by atoms with van der Waals surface area (Å²) in [5.74, 6) is 2.07. The third-order valence-corrected chi connectivity index (χ3v) is 2.85. The number of fused-ring (bicyclic) bond motifs is 1. The highest BCUT2D eigenvalue weighted by Crippen LogP contribution is 2.37. The topological polar surface area (TPSA) is 60.2 Å². The molecule has 94 valence electrons. The van der Waals surface area contributed by atoms with Gasteiger partial charge in [0, 0.05) is 13.0 Å². The summed E-state index contributed by atoms with van der Waals surface area (Å²) >= 11 is 0. The van der Waals surface area contributed by atoms with Crippen LogP contribution < -0.4 is 10.1 Å². The predicted octanol–water partition coefficient (Wildman–Crippen LogP) is 2.49. The average Bonchev–Trinajstić information content (AvgIpc) is 2.87. The molecule has 1 aromatic carbocycles. The maximum atomic E-state index is 5.69. The van der Waals surface area contributed by atoms with E-state index < -0.39 is 0 Å². The van der Waals surface area contributed by atoms with E-state index in [1.54, 1.807) is 0 Å². The van der Waals surface area contributed by atoms with Crippen LogP contribution in [0.4, 0.5) is 5.69 Å². The molecule has 0 saturated heterocycles. The van der Waals surface area contributed by atoms with Gasteiger partial charge < -0.3 is 14.6 Å². The number of aromatic nitrogens is 2. The lowest BCUT2D eigenvalue weighted by Gasteiger charge is -2.20. The molecule has 5 nitrogen and oxygen atoms in total. The molecular formula is C13H15N3O2. The molecule has 5 heteroatoms. The van der Waals surface area contributed by atoms with Crippen molar-refractivity contribution in [3.05, 3.63) is 24.0 Å². The number of ether oxygens (including phenoxy) is 1. The summed E-state index contributed by atoms with van der Waals surface area (Å²) in [6.45, 7) is 3.56. The average molecular weight is 245 g/mol. The molecule has 0 fully saturated rings. The summed E-state index contributed by atoms with van der Waals surface area (Å²) in [6, 6.07) is 5.88. The molecule has 2 heterocycles. The third kappa shape index (κ3) is 1.92. The normalized spacial score (nSPS) is 13.6. The molecule has 18 heavy (non-hydrogen) atoms. The Morgan fingerprint density at radius 1 is 1.39 bits per heavy atom. The molecule has 0 radical (unpaired) electrons. The summed E-state index contributed by atoms with van der Waals surface area (Å²) < 4.78 is 11.0. The van der Waals surface area contributed by atoms with Crippen LogP contribution in [0.1, 0.15) is 19.2 Å². The molecule has 3 rings (SSSR count). The van der Waals surface area contributed by atoms with Crippen molar-refractivity contribution in [1.29, 1.82) is 0 Å². The van der Waals surface area contributed by atoms with Crippen LogP contribution in [0.2, 0.25) is 0 Å². The molecule has 1 aliphatic rings. The van der Waals surface area contributed by atoms with Crippen molar-refractivity contribution in [2.24, 2.45) is 0 Å². The van der Waals surface area contributed by atoms with Crippen molar-refractivity contribution in [2.45, 2.75) is 19.8 Å². The largest absolute Gasteiger partial charge is 0.489 e. The highest BCUT2D eigenvalue weighted by molar-refractivity contribution is 5.74. The van der Waals surface area contributed by atoms with Gasteiger partial charge in [-0.2, -0.15) is 4.98 Å². The Morgan fingerprint density at radius 3 is 3.22 bits per heavy atom. The zero-order chi connectivity index (χ0) is 12.4. The lowest BCUT2D eigenvalue weighted by Crippen LogP contribution is -2.18. The van der Waals surface area contributed by atoms with Gasteiger partial charge in [0.2, 0.25) is 0 Å². The van der Waals surface area contributed by atoms with E-state index in [9.17, 15) is 0 Å². The van der Waals surface area contributed by atoms with E-state index in [0.29, 0.717) is 12.5 Å². The highest BCUT2D eigenvalue weighted by atomic mass is 16.5. The van der Waals surface area contributed by atoms with Crippen molar-refractivity contribution in [3.8, 4) is 17.2 Å². The van der Waals surface area contributed by atoms with Gasteiger partial charge in [0.15, 0.2) is 11.6 Å². The van der Waals surface area contributed by atoms with E-state index in [1.165, 1.54) is 0 Å². The number of hydrogen-bond donors (Lipinski definition) is 1. The first kappa shape index (κ1) is 11.1. The van der Waals surface area contributed by atoms with Crippen LogP contribution in [0.25, 0.3) is 11.5 Å². The quantitative estimate of drug-likeness (QED) is 0.900. The zero-order valence-corrected chi connectivity index (χ0v) is 10.3. The lowest BCUT2D eigenvalue weighted by molar-refractivity contribution is 0.322. The van der Waals surface area contributed by atoms with Gasteiger partial charge in [-0.1, -0.05) is 18.1 Å². The number of nitrogens with one attached hydrogen (secondary N) is 1. The fourth-order valence-corrected chi connectivity index (χ4v) is 2.03. The molecule has 0 amide bonds. The molecule has 0 atom stereocenters. The number of benzene rings is 1. The van der Waals surface area contributed by atoms with Gasteiger partial charge in [-0.3, -0.25) is 0 Å². The molecule has 0 spiro atoms. The summed E-state index contributed by atoms with van der Waals surface area (Å²) in [5, 5.41) is 7.26. The second kappa shape index (κ2) is 4.68. The number of para-hydroxylation sites is 1.